The van der Waals surface area contributed by atoms with Crippen molar-refractivity contribution in [3.05, 3.63) is 64.6 Å². The normalized spacial score (nSPS) is 10.0. The van der Waals surface area contributed by atoms with Gasteiger partial charge in [-0.05, 0) is 30.3 Å². The Morgan fingerprint density at radius 2 is 1.81 bits per heavy atom. The lowest BCUT2D eigenvalue weighted by Gasteiger charge is -2.17. The Labute approximate surface area is 131 Å². The molecule has 0 aromatic heterocycles. The fourth-order valence-electron chi connectivity index (χ4n) is 1.80. The Kier molecular flexibility index (Phi) is 5.11. The van der Waals surface area contributed by atoms with Crippen LogP contribution in [0.15, 0.2) is 59.1 Å². The molecule has 0 saturated heterocycles. The summed E-state index contributed by atoms with van der Waals surface area (Å²) in [5.41, 5.74) is 1.30. The third-order valence-corrected chi connectivity index (χ3v) is 3.50. The van der Waals surface area contributed by atoms with Crippen LogP contribution in [-0.2, 0) is 4.79 Å². The Morgan fingerprint density at radius 1 is 1.10 bits per heavy atom. The minimum absolute atomic E-state index is 0.0449. The molecular formula is C16H15BrN2O2. The fraction of sp³-hybridized carbons (Fsp3) is 0.125. The number of amides is 2. The van der Waals surface area contributed by atoms with Crippen LogP contribution in [-0.4, -0.2) is 25.4 Å². The Balaban J connectivity index is 1.93. The van der Waals surface area contributed by atoms with Crippen LogP contribution >= 0.6 is 15.9 Å². The van der Waals surface area contributed by atoms with E-state index in [9.17, 15) is 9.59 Å². The molecule has 1 N–H and O–H groups in total. The molecule has 5 heteroatoms. The molecule has 0 unspecified atom stereocenters. The van der Waals surface area contributed by atoms with E-state index < -0.39 is 0 Å². The predicted molar refractivity (Wildman–Crippen MR) is 86.3 cm³/mol. The van der Waals surface area contributed by atoms with E-state index in [1.165, 1.54) is 4.90 Å². The quantitative estimate of drug-likeness (QED) is 0.925. The summed E-state index contributed by atoms with van der Waals surface area (Å²) in [5, 5.41) is 2.63. The minimum Gasteiger partial charge on any atom is -0.343 e. The van der Waals surface area contributed by atoms with E-state index >= 15 is 0 Å². The first-order chi connectivity index (χ1) is 10.1. The van der Waals surface area contributed by atoms with Gasteiger partial charge in [0.2, 0.25) is 5.91 Å². The van der Waals surface area contributed by atoms with Gasteiger partial charge in [-0.15, -0.1) is 0 Å². The molecule has 0 aliphatic carbocycles. The van der Waals surface area contributed by atoms with Crippen LogP contribution in [0.1, 0.15) is 10.4 Å². The van der Waals surface area contributed by atoms with Crippen LogP contribution in [0, 0.1) is 0 Å². The number of para-hydroxylation sites is 1. The number of anilines is 1. The summed E-state index contributed by atoms with van der Waals surface area (Å²) in [6.45, 7) is -0.0449. The highest BCUT2D eigenvalue weighted by molar-refractivity contribution is 9.10. The van der Waals surface area contributed by atoms with Crippen LogP contribution in [0.5, 0.6) is 0 Å². The monoisotopic (exact) mass is 346 g/mol. The molecule has 108 valence electrons. The van der Waals surface area contributed by atoms with Crippen molar-refractivity contribution in [1.29, 1.82) is 0 Å². The summed E-state index contributed by atoms with van der Waals surface area (Å²) in [5.74, 6) is -0.448. The molecule has 0 atom stereocenters. The number of halogens is 1. The standard InChI is InChI=1S/C16H15BrN2O2/c1-19(14-8-3-2-4-9-14)15(20)11-18-16(21)12-6-5-7-13(17)10-12/h2-10H,11H2,1H3,(H,18,21). The summed E-state index contributed by atoms with van der Waals surface area (Å²) in [6.07, 6.45) is 0. The van der Waals surface area contributed by atoms with Gasteiger partial charge in [-0.25, -0.2) is 0 Å². The SMILES string of the molecule is CN(C(=O)CNC(=O)c1cccc(Br)c1)c1ccccc1. The summed E-state index contributed by atoms with van der Waals surface area (Å²) in [4.78, 5) is 25.5. The third-order valence-electron chi connectivity index (χ3n) is 3.00. The average Bonchev–Trinajstić information content (AvgIpc) is 2.52. The molecule has 0 bridgehead atoms. The first kappa shape index (κ1) is 15.3. The Morgan fingerprint density at radius 3 is 2.48 bits per heavy atom. The average molecular weight is 347 g/mol. The van der Waals surface area contributed by atoms with Crippen molar-refractivity contribution in [3.8, 4) is 0 Å². The van der Waals surface area contributed by atoms with Crippen LogP contribution in [0.2, 0.25) is 0 Å². The number of hydrogen-bond acceptors (Lipinski definition) is 2. The Bertz CT molecular complexity index is 644. The molecule has 0 radical (unpaired) electrons. The van der Waals surface area contributed by atoms with Gasteiger partial charge >= 0.3 is 0 Å². The fourth-order valence-corrected chi connectivity index (χ4v) is 2.20. The van der Waals surface area contributed by atoms with Crippen LogP contribution in [0.25, 0.3) is 0 Å². The van der Waals surface area contributed by atoms with Gasteiger partial charge in [0.1, 0.15) is 0 Å². The van der Waals surface area contributed by atoms with E-state index in [1.807, 2.05) is 36.4 Å². The highest BCUT2D eigenvalue weighted by Crippen LogP contribution is 2.12. The van der Waals surface area contributed by atoms with E-state index in [4.69, 9.17) is 0 Å². The van der Waals surface area contributed by atoms with Crippen LogP contribution in [0.4, 0.5) is 5.69 Å². The highest BCUT2D eigenvalue weighted by atomic mass is 79.9. The summed E-state index contributed by atoms with van der Waals surface area (Å²) in [6, 6.07) is 16.3. The first-order valence-corrected chi connectivity index (χ1v) is 7.22. The molecule has 2 rings (SSSR count). The van der Waals surface area contributed by atoms with E-state index in [2.05, 4.69) is 21.2 Å². The summed E-state index contributed by atoms with van der Waals surface area (Å²) in [7, 11) is 1.68. The molecule has 2 amide bonds. The van der Waals surface area contributed by atoms with Crippen molar-refractivity contribution >= 4 is 33.4 Å². The molecule has 0 heterocycles. The lowest BCUT2D eigenvalue weighted by molar-refractivity contribution is -0.117. The van der Waals surface area contributed by atoms with Crippen molar-refractivity contribution in [1.82, 2.24) is 5.32 Å². The molecule has 21 heavy (non-hydrogen) atoms. The van der Waals surface area contributed by atoms with E-state index in [1.54, 1.807) is 25.2 Å². The molecule has 0 aliphatic rings. The predicted octanol–water partition coefficient (Wildman–Crippen LogP) is 2.84. The second-order valence-corrected chi connectivity index (χ2v) is 5.40. The minimum atomic E-state index is -0.272. The van der Waals surface area contributed by atoms with Gasteiger partial charge in [0.25, 0.3) is 5.91 Å². The number of nitrogens with zero attached hydrogens (tertiary/aromatic N) is 1. The second kappa shape index (κ2) is 7.04. The zero-order valence-electron chi connectivity index (χ0n) is 11.5. The van der Waals surface area contributed by atoms with Gasteiger partial charge in [0.15, 0.2) is 0 Å². The molecule has 0 spiro atoms. The lowest BCUT2D eigenvalue weighted by atomic mass is 10.2. The number of carbonyl (C=O) groups is 2. The number of nitrogens with one attached hydrogen (secondary N) is 1. The maximum absolute atomic E-state index is 12.0. The van der Waals surface area contributed by atoms with Crippen molar-refractivity contribution < 1.29 is 9.59 Å². The largest absolute Gasteiger partial charge is 0.343 e. The number of likely N-dealkylation sites (N-methyl/N-ethyl adjacent to an activating group) is 1. The van der Waals surface area contributed by atoms with Gasteiger partial charge < -0.3 is 10.2 Å². The van der Waals surface area contributed by atoms with Crippen molar-refractivity contribution in [2.24, 2.45) is 0 Å². The first-order valence-electron chi connectivity index (χ1n) is 6.43. The second-order valence-electron chi connectivity index (χ2n) is 4.48. The van der Waals surface area contributed by atoms with Crippen LogP contribution in [0.3, 0.4) is 0 Å². The molecular weight excluding hydrogens is 332 g/mol. The number of carbonyl (C=O) groups excluding carboxylic acids is 2. The zero-order chi connectivity index (χ0) is 15.2. The van der Waals surface area contributed by atoms with E-state index in [-0.39, 0.29) is 18.4 Å². The van der Waals surface area contributed by atoms with E-state index in [0.717, 1.165) is 10.2 Å². The highest BCUT2D eigenvalue weighted by Gasteiger charge is 2.12. The maximum atomic E-state index is 12.0. The molecule has 0 fully saturated rings. The Hall–Kier alpha value is -2.14. The zero-order valence-corrected chi connectivity index (χ0v) is 13.1. The number of rotatable bonds is 4. The van der Waals surface area contributed by atoms with Gasteiger partial charge in [-0.3, -0.25) is 9.59 Å². The molecule has 2 aromatic rings. The molecule has 0 aliphatic heterocycles. The van der Waals surface area contributed by atoms with E-state index in [0.29, 0.717) is 5.56 Å². The summed E-state index contributed by atoms with van der Waals surface area (Å²) >= 11 is 3.31. The third kappa shape index (κ3) is 4.16. The number of hydrogen-bond donors (Lipinski definition) is 1. The maximum Gasteiger partial charge on any atom is 0.251 e. The topological polar surface area (TPSA) is 49.4 Å². The molecule has 0 saturated carbocycles. The van der Waals surface area contributed by atoms with Gasteiger partial charge in [0, 0.05) is 22.8 Å². The summed E-state index contributed by atoms with van der Waals surface area (Å²) < 4.78 is 0.822. The van der Waals surface area contributed by atoms with Crippen molar-refractivity contribution in [2.45, 2.75) is 0 Å². The smallest absolute Gasteiger partial charge is 0.251 e. The molecule has 4 nitrogen and oxygen atoms in total. The van der Waals surface area contributed by atoms with Gasteiger partial charge in [0.05, 0.1) is 6.54 Å². The van der Waals surface area contributed by atoms with Crippen molar-refractivity contribution in [2.75, 3.05) is 18.5 Å². The lowest BCUT2D eigenvalue weighted by Crippen LogP contribution is -2.38. The van der Waals surface area contributed by atoms with Crippen LogP contribution < -0.4 is 10.2 Å². The molecule has 2 aromatic carbocycles. The van der Waals surface area contributed by atoms with Gasteiger partial charge in [-0.2, -0.15) is 0 Å². The van der Waals surface area contributed by atoms with Gasteiger partial charge in [-0.1, -0.05) is 40.2 Å². The van der Waals surface area contributed by atoms with Crippen molar-refractivity contribution in [3.63, 3.8) is 0 Å². The number of benzene rings is 2.